The molecule has 2 heteroatoms. The summed E-state index contributed by atoms with van der Waals surface area (Å²) in [4.78, 5) is 0. The Hall–Kier alpha value is -6.90. The fraction of sp³-hybridized carbons (Fsp3) is 0.180. The summed E-state index contributed by atoms with van der Waals surface area (Å²) in [6.45, 7) is 0. The highest BCUT2D eigenvalue weighted by molar-refractivity contribution is 6.13. The minimum Gasteiger partial charge on any atom is -0.313 e. The Morgan fingerprint density at radius 2 is 1.05 bits per heavy atom. The van der Waals surface area contributed by atoms with Gasteiger partial charge in [-0.3, -0.25) is 0 Å². The van der Waals surface area contributed by atoms with Crippen LogP contribution in [0.4, 0.5) is 0 Å². The zero-order chi connectivity index (χ0) is 41.5. The normalized spacial score (nSPS) is 19.7. The van der Waals surface area contributed by atoms with E-state index in [-0.39, 0.29) is 5.41 Å². The van der Waals surface area contributed by atoms with Gasteiger partial charge in [0.1, 0.15) is 0 Å². The molecule has 2 nitrogen and oxygen atoms in total. The molecule has 0 amide bonds. The van der Waals surface area contributed by atoms with Gasteiger partial charge in [-0.1, -0.05) is 127 Å². The number of para-hydroxylation sites is 1. The van der Waals surface area contributed by atoms with E-state index < -0.39 is 0 Å². The van der Waals surface area contributed by atoms with Gasteiger partial charge in [-0.05, 0) is 175 Å². The van der Waals surface area contributed by atoms with Gasteiger partial charge in [0.05, 0.1) is 27.5 Å². The van der Waals surface area contributed by atoms with E-state index in [0.717, 1.165) is 38.5 Å². The summed E-state index contributed by atoms with van der Waals surface area (Å²) < 4.78 is 5.00. The molecule has 13 rings (SSSR count). The maximum atomic E-state index is 2.51. The smallest absolute Gasteiger partial charge is 0.0599 e. The topological polar surface area (TPSA) is 9.86 Å². The van der Waals surface area contributed by atoms with Gasteiger partial charge in [-0.25, -0.2) is 0 Å². The summed E-state index contributed by atoms with van der Waals surface area (Å²) in [7, 11) is 0. The molecule has 0 bridgehead atoms. The molecule has 0 saturated heterocycles. The van der Waals surface area contributed by atoms with Crippen molar-refractivity contribution < 1.29 is 0 Å². The fourth-order valence-corrected chi connectivity index (χ4v) is 12.4. The van der Waals surface area contributed by atoms with Gasteiger partial charge in [-0.2, -0.15) is 0 Å². The molecule has 0 fully saturated rings. The summed E-state index contributed by atoms with van der Waals surface area (Å²) in [5, 5.41) is 5.16. The Balaban J connectivity index is 0.982. The van der Waals surface area contributed by atoms with Gasteiger partial charge in [0, 0.05) is 32.9 Å². The van der Waals surface area contributed by atoms with Crippen molar-refractivity contribution in [1.82, 2.24) is 9.13 Å². The van der Waals surface area contributed by atoms with Crippen LogP contribution < -0.4 is 0 Å². The van der Waals surface area contributed by atoms with Crippen LogP contribution in [-0.2, 0) is 5.41 Å². The average Bonchev–Trinajstić information content (AvgIpc) is 3.98. The Labute approximate surface area is 369 Å². The van der Waals surface area contributed by atoms with E-state index in [4.69, 9.17) is 0 Å². The van der Waals surface area contributed by atoms with Crippen LogP contribution in [0.1, 0.15) is 69.8 Å². The van der Waals surface area contributed by atoms with Gasteiger partial charge in [-0.15, -0.1) is 0 Å². The minimum absolute atomic E-state index is 0.128. The third kappa shape index (κ3) is 5.56. The Kier molecular flexibility index (Phi) is 8.51. The van der Waals surface area contributed by atoms with E-state index in [1.807, 2.05) is 0 Å². The van der Waals surface area contributed by atoms with Crippen molar-refractivity contribution in [3.05, 3.63) is 215 Å². The second kappa shape index (κ2) is 14.6. The van der Waals surface area contributed by atoms with Crippen molar-refractivity contribution in [1.29, 1.82) is 0 Å². The van der Waals surface area contributed by atoms with Crippen LogP contribution in [0.5, 0.6) is 0 Å². The molecule has 6 aromatic carbocycles. The SMILES string of the molecule is C1=CCCC(n2c3ccccc3c3cc(-c4ccc5c(c4)c4cc(-c6ccccc6)ccc4n5-c4ccc(C5(C6=CC=CCC6)C6=C(C=CCC6)C6=C5CCCC6)cc4)ccc32)=C1. The maximum Gasteiger partial charge on any atom is 0.0599 e. The van der Waals surface area contributed by atoms with Crippen LogP contribution in [0.3, 0.4) is 0 Å². The van der Waals surface area contributed by atoms with Crippen LogP contribution >= 0.6 is 0 Å². The number of hydrogen-bond donors (Lipinski definition) is 0. The molecule has 0 aliphatic heterocycles. The van der Waals surface area contributed by atoms with Gasteiger partial charge >= 0.3 is 0 Å². The standard InChI is InChI=1S/C61H50N2/c1-4-16-41(17-5-1)42-28-35-59-53(38-42)54-40-44(43-29-36-58-52(39-43)51-24-12-15-27-57(51)62(58)47-20-8-3-9-21-47)30-37-60(54)63(59)48-33-31-46(32-34-48)61(45-18-6-2-7-19-45)55-25-13-10-22-49(55)50-23-11-14-26-56(50)61/h1-6,8,10,12,15-18,20,22,24,27-40H,7,9,11,13-14,19,21,23,25-26H2. The number of allylic oxidation sites excluding steroid dienone is 14. The number of fused-ring (bicyclic) bond motifs is 7. The first kappa shape index (κ1) is 36.7. The zero-order valence-corrected chi connectivity index (χ0v) is 35.8. The molecule has 1 unspecified atom stereocenters. The largest absolute Gasteiger partial charge is 0.313 e. The second-order valence-corrected chi connectivity index (χ2v) is 18.3. The maximum absolute atomic E-state index is 2.51. The van der Waals surface area contributed by atoms with Crippen molar-refractivity contribution >= 4 is 49.3 Å². The first-order valence-corrected chi connectivity index (χ1v) is 23.4. The van der Waals surface area contributed by atoms with Gasteiger partial charge < -0.3 is 9.13 Å². The molecule has 1 atom stereocenters. The Bertz CT molecular complexity index is 3420. The van der Waals surface area contributed by atoms with Crippen LogP contribution in [0.2, 0.25) is 0 Å². The molecule has 0 saturated carbocycles. The molecule has 0 N–H and O–H groups in total. The van der Waals surface area contributed by atoms with Crippen LogP contribution in [0, 0.1) is 0 Å². The molecule has 0 radical (unpaired) electrons. The van der Waals surface area contributed by atoms with Crippen molar-refractivity contribution in [2.24, 2.45) is 0 Å². The van der Waals surface area contributed by atoms with Gasteiger partial charge in [0.15, 0.2) is 0 Å². The molecule has 63 heavy (non-hydrogen) atoms. The number of hydrogen-bond acceptors (Lipinski definition) is 0. The fourth-order valence-electron chi connectivity index (χ4n) is 12.4. The highest BCUT2D eigenvalue weighted by Crippen LogP contribution is 2.61. The molecule has 0 spiro atoms. The number of aromatic nitrogens is 2. The predicted molar refractivity (Wildman–Crippen MR) is 266 cm³/mol. The number of rotatable bonds is 6. The molecular weight excluding hydrogens is 761 g/mol. The quantitative estimate of drug-likeness (QED) is 0.158. The summed E-state index contributed by atoms with van der Waals surface area (Å²) in [6, 6.07) is 50.9. The van der Waals surface area contributed by atoms with Crippen molar-refractivity contribution in [3.63, 3.8) is 0 Å². The molecule has 304 valence electrons. The van der Waals surface area contributed by atoms with Crippen molar-refractivity contribution in [2.45, 2.75) is 69.6 Å². The lowest BCUT2D eigenvalue weighted by atomic mass is 9.61. The lowest BCUT2D eigenvalue weighted by Gasteiger charge is -2.41. The van der Waals surface area contributed by atoms with E-state index >= 15 is 0 Å². The van der Waals surface area contributed by atoms with E-state index in [1.54, 1.807) is 27.9 Å². The molecule has 2 heterocycles. The first-order valence-electron chi connectivity index (χ1n) is 23.4. The summed E-state index contributed by atoms with van der Waals surface area (Å²) in [5.41, 5.74) is 22.0. The molecule has 5 aliphatic carbocycles. The predicted octanol–water partition coefficient (Wildman–Crippen LogP) is 16.5. The Morgan fingerprint density at radius 3 is 1.76 bits per heavy atom. The van der Waals surface area contributed by atoms with E-state index in [0.29, 0.717) is 0 Å². The summed E-state index contributed by atoms with van der Waals surface area (Å²) in [5.74, 6) is 0. The van der Waals surface area contributed by atoms with Crippen LogP contribution in [0.25, 0.3) is 77.2 Å². The zero-order valence-electron chi connectivity index (χ0n) is 35.8. The average molecular weight is 811 g/mol. The lowest BCUT2D eigenvalue weighted by molar-refractivity contribution is 0.568. The number of nitrogens with zero attached hydrogens (tertiary/aromatic N) is 2. The summed E-state index contributed by atoms with van der Waals surface area (Å²) >= 11 is 0. The van der Waals surface area contributed by atoms with Crippen molar-refractivity contribution in [3.8, 4) is 27.9 Å². The Morgan fingerprint density at radius 1 is 0.429 bits per heavy atom. The monoisotopic (exact) mass is 810 g/mol. The lowest BCUT2D eigenvalue weighted by Crippen LogP contribution is -2.33. The van der Waals surface area contributed by atoms with Crippen LogP contribution in [-0.4, -0.2) is 9.13 Å². The van der Waals surface area contributed by atoms with E-state index in [9.17, 15) is 0 Å². The first-order chi connectivity index (χ1) is 31.3. The molecule has 2 aromatic heterocycles. The highest BCUT2D eigenvalue weighted by atomic mass is 15.0. The van der Waals surface area contributed by atoms with E-state index in [1.165, 1.54) is 108 Å². The van der Waals surface area contributed by atoms with Gasteiger partial charge in [0.2, 0.25) is 0 Å². The minimum atomic E-state index is -0.128. The number of benzene rings is 6. The van der Waals surface area contributed by atoms with Crippen LogP contribution in [0.15, 0.2) is 210 Å². The molecular formula is C61H50N2. The third-order valence-electron chi connectivity index (χ3n) is 15.1. The van der Waals surface area contributed by atoms with Crippen molar-refractivity contribution in [2.75, 3.05) is 0 Å². The molecule has 5 aliphatic rings. The van der Waals surface area contributed by atoms with E-state index in [2.05, 4.69) is 191 Å². The van der Waals surface area contributed by atoms with Gasteiger partial charge in [0.25, 0.3) is 0 Å². The molecule has 8 aromatic rings. The third-order valence-corrected chi connectivity index (χ3v) is 15.1. The second-order valence-electron chi connectivity index (χ2n) is 18.3. The summed E-state index contributed by atoms with van der Waals surface area (Å²) in [6.07, 6.45) is 30.5. The highest BCUT2D eigenvalue weighted by Gasteiger charge is 2.49.